The van der Waals surface area contributed by atoms with Crippen molar-refractivity contribution in [1.82, 2.24) is 25.2 Å². The van der Waals surface area contributed by atoms with Crippen LogP contribution < -0.4 is 20.1 Å². The number of sulfonamides is 1. The number of ether oxygens (including phenoxy) is 2. The number of pyridine rings is 1. The molecule has 1 saturated heterocycles. The molecule has 2 aromatic heterocycles. The first-order valence-corrected chi connectivity index (χ1v) is 20.6. The lowest BCUT2D eigenvalue weighted by atomic mass is 10.0. The van der Waals surface area contributed by atoms with Crippen LogP contribution in [0, 0.1) is 11.8 Å². The minimum atomic E-state index is -3.91. The third-order valence-electron chi connectivity index (χ3n) is 11.3. The maximum absolute atomic E-state index is 14.5. The van der Waals surface area contributed by atoms with Crippen LogP contribution in [0.4, 0.5) is 4.79 Å². The van der Waals surface area contributed by atoms with E-state index in [1.807, 2.05) is 48.5 Å². The van der Waals surface area contributed by atoms with Gasteiger partial charge in [-0.25, -0.2) is 18.2 Å². The molecule has 0 bridgehead atoms. The van der Waals surface area contributed by atoms with E-state index in [1.54, 1.807) is 13.8 Å². The average Bonchev–Trinajstić information content (AvgIpc) is 3.99. The first kappa shape index (κ1) is 36.8. The summed E-state index contributed by atoms with van der Waals surface area (Å²) in [7, 11) is -3.91. The number of para-hydroxylation sites is 2. The number of alkyl carbamates (subject to hydrolysis) is 1. The number of nitrogens with zero attached hydrogens (tertiary/aromatic N) is 2. The first-order valence-electron chi connectivity index (χ1n) is 19.0. The number of hydrogen-bond donors (Lipinski definition) is 3. The Bertz CT molecular complexity index is 2320. The minimum Gasteiger partial charge on any atom is -0.484 e. The normalized spacial score (nSPS) is 24.6. The molecule has 8 rings (SSSR count). The maximum Gasteiger partial charge on any atom is 0.408 e. The van der Waals surface area contributed by atoms with Gasteiger partial charge in [-0.3, -0.25) is 19.1 Å². The number of benzene rings is 2. The van der Waals surface area contributed by atoms with E-state index >= 15 is 0 Å². The summed E-state index contributed by atoms with van der Waals surface area (Å²) in [4.78, 5) is 61.8. The molecular weight excluding hydrogens is 727 g/mol. The molecule has 4 amide bonds. The quantitative estimate of drug-likeness (QED) is 0.168. The maximum atomic E-state index is 14.5. The second kappa shape index (κ2) is 14.2. The summed E-state index contributed by atoms with van der Waals surface area (Å²) in [5.41, 5.74) is 0.750. The van der Waals surface area contributed by atoms with E-state index in [0.717, 1.165) is 31.1 Å². The van der Waals surface area contributed by atoms with Crippen LogP contribution in [0.3, 0.4) is 0 Å². The number of fused-ring (bicyclic) bond motifs is 4. The standard InChI is InChI=1S/C40H45N5O9S/c1-4-23-20-40(23,38(48)44-55(50,51)26-17-18-26)43-36(46)30-19-25(21-45(30)37(47)32(22(2)3)42-39(49)53-24-11-5-6-12-24)52-34-27-13-7-9-15-29(27)41-33-28-14-8-10-16-31(28)54-35(33)34/h4,7-10,13-16,22-26,30,32H,1,5-6,11-12,17-21H2,2-3H3,(H,42,49)(H,43,46)(H,44,48)/t23-,25-,30+,32+,40?/m1/s1. The predicted molar refractivity (Wildman–Crippen MR) is 203 cm³/mol. The summed E-state index contributed by atoms with van der Waals surface area (Å²) in [6.07, 6.45) is 4.35. The topological polar surface area (TPSA) is 186 Å². The van der Waals surface area contributed by atoms with Crippen molar-refractivity contribution in [3.63, 3.8) is 0 Å². The number of carbonyl (C=O) groups is 4. The molecule has 3 saturated carbocycles. The van der Waals surface area contributed by atoms with Gasteiger partial charge in [0.2, 0.25) is 21.8 Å². The largest absolute Gasteiger partial charge is 0.484 e. The fourth-order valence-corrected chi connectivity index (χ4v) is 9.36. The highest BCUT2D eigenvalue weighted by Crippen LogP contribution is 2.46. The third-order valence-corrected chi connectivity index (χ3v) is 13.1. The van der Waals surface area contributed by atoms with Crippen molar-refractivity contribution in [3.8, 4) is 5.75 Å². The van der Waals surface area contributed by atoms with Gasteiger partial charge in [0.05, 0.1) is 17.3 Å². The highest BCUT2D eigenvalue weighted by atomic mass is 32.2. The number of carbonyl (C=O) groups excluding carboxylic acids is 4. The fraction of sp³-hybridized carbons (Fsp3) is 0.475. The molecule has 14 nitrogen and oxygen atoms in total. The Balaban J connectivity index is 1.11. The van der Waals surface area contributed by atoms with Gasteiger partial charge in [0, 0.05) is 23.1 Å². The van der Waals surface area contributed by atoms with E-state index in [0.29, 0.717) is 46.2 Å². The summed E-state index contributed by atoms with van der Waals surface area (Å²) >= 11 is 0. The van der Waals surface area contributed by atoms with Gasteiger partial charge in [0.15, 0.2) is 11.3 Å². The SMILES string of the molecule is C=C[C@@H]1CC1(NC(=O)[C@@H]1C[C@@H](Oc2c3ccccc3nc3c2oc2ccccc23)CN1C(=O)[C@@H](NC(=O)OC1CCCC1)C(C)C)C(=O)NS(=O)(=O)C1CC1. The molecule has 0 radical (unpaired) electrons. The van der Waals surface area contributed by atoms with Crippen molar-refractivity contribution < 1.29 is 41.5 Å². The molecule has 0 spiro atoms. The van der Waals surface area contributed by atoms with Crippen LogP contribution in [0.5, 0.6) is 5.75 Å². The second-order valence-electron chi connectivity index (χ2n) is 15.6. The number of furan rings is 1. The molecule has 15 heteroatoms. The van der Waals surface area contributed by atoms with Crippen molar-refractivity contribution in [1.29, 1.82) is 0 Å². The van der Waals surface area contributed by atoms with Crippen molar-refractivity contribution in [3.05, 3.63) is 61.2 Å². The molecule has 1 aliphatic heterocycles. The number of nitrogens with one attached hydrogen (secondary N) is 3. The van der Waals surface area contributed by atoms with E-state index in [-0.39, 0.29) is 31.4 Å². The number of hydrogen-bond acceptors (Lipinski definition) is 10. The monoisotopic (exact) mass is 771 g/mol. The molecule has 3 aliphatic carbocycles. The molecular formula is C40H45N5O9S. The van der Waals surface area contributed by atoms with Crippen LogP contribution in [0.25, 0.3) is 33.0 Å². The van der Waals surface area contributed by atoms with Gasteiger partial charge in [0.25, 0.3) is 5.91 Å². The lowest BCUT2D eigenvalue weighted by molar-refractivity contribution is -0.141. The average molecular weight is 772 g/mol. The number of rotatable bonds is 12. The van der Waals surface area contributed by atoms with E-state index in [2.05, 4.69) is 21.9 Å². The molecule has 55 heavy (non-hydrogen) atoms. The second-order valence-corrected chi connectivity index (χ2v) is 17.5. The van der Waals surface area contributed by atoms with E-state index < -0.39 is 68.7 Å². The molecule has 3 N–H and O–H groups in total. The van der Waals surface area contributed by atoms with E-state index in [1.165, 1.54) is 11.0 Å². The smallest absolute Gasteiger partial charge is 0.408 e. The highest BCUT2D eigenvalue weighted by molar-refractivity contribution is 7.91. The van der Waals surface area contributed by atoms with Crippen LogP contribution in [0.1, 0.15) is 65.2 Å². The van der Waals surface area contributed by atoms with Gasteiger partial charge in [-0.15, -0.1) is 6.58 Å². The zero-order valence-electron chi connectivity index (χ0n) is 30.8. The molecule has 290 valence electrons. The Morgan fingerprint density at radius 1 is 1.00 bits per heavy atom. The Hall–Kier alpha value is -5.18. The van der Waals surface area contributed by atoms with Crippen molar-refractivity contribution in [2.24, 2.45) is 11.8 Å². The minimum absolute atomic E-state index is 0.0180. The molecule has 2 aromatic carbocycles. The van der Waals surface area contributed by atoms with Gasteiger partial charge >= 0.3 is 6.09 Å². The third kappa shape index (κ3) is 6.98. The van der Waals surface area contributed by atoms with E-state index in [9.17, 15) is 27.6 Å². The Morgan fingerprint density at radius 3 is 2.40 bits per heavy atom. The van der Waals surface area contributed by atoms with Gasteiger partial charge < -0.3 is 29.4 Å². The summed E-state index contributed by atoms with van der Waals surface area (Å²) in [6.45, 7) is 7.33. The lowest BCUT2D eigenvalue weighted by Gasteiger charge is -2.31. The van der Waals surface area contributed by atoms with Crippen LogP contribution in [-0.4, -0.2) is 83.7 Å². The Kier molecular flexibility index (Phi) is 9.46. The first-order chi connectivity index (χ1) is 26.4. The van der Waals surface area contributed by atoms with Gasteiger partial charge in [-0.05, 0) is 75.1 Å². The summed E-state index contributed by atoms with van der Waals surface area (Å²) < 4.78 is 46.3. The molecule has 4 fully saturated rings. The summed E-state index contributed by atoms with van der Waals surface area (Å²) in [5.74, 6) is -2.53. The molecule has 1 unspecified atom stereocenters. The van der Waals surface area contributed by atoms with Crippen LogP contribution >= 0.6 is 0 Å². The van der Waals surface area contributed by atoms with Crippen molar-refractivity contribution >= 4 is 66.8 Å². The lowest BCUT2D eigenvalue weighted by Crippen LogP contribution is -2.59. The number of likely N-dealkylation sites (tertiary alicyclic amines) is 1. The Labute approximate surface area is 318 Å². The molecule has 5 atom stereocenters. The highest BCUT2D eigenvalue weighted by Gasteiger charge is 2.62. The number of aromatic nitrogens is 1. The summed E-state index contributed by atoms with van der Waals surface area (Å²) in [5, 5.41) is 6.41. The predicted octanol–water partition coefficient (Wildman–Crippen LogP) is 4.85. The van der Waals surface area contributed by atoms with E-state index in [4.69, 9.17) is 18.9 Å². The Morgan fingerprint density at radius 2 is 1.71 bits per heavy atom. The van der Waals surface area contributed by atoms with Crippen molar-refractivity contribution in [2.45, 2.75) is 100 Å². The van der Waals surface area contributed by atoms with Gasteiger partial charge in [-0.2, -0.15) is 0 Å². The number of amides is 4. The van der Waals surface area contributed by atoms with Gasteiger partial charge in [0.1, 0.15) is 40.9 Å². The van der Waals surface area contributed by atoms with Crippen LogP contribution in [-0.2, 0) is 29.1 Å². The zero-order valence-corrected chi connectivity index (χ0v) is 31.6. The molecule has 4 aliphatic rings. The van der Waals surface area contributed by atoms with Gasteiger partial charge in [-0.1, -0.05) is 44.2 Å². The van der Waals surface area contributed by atoms with Crippen molar-refractivity contribution in [2.75, 3.05) is 6.54 Å². The zero-order chi connectivity index (χ0) is 38.6. The van der Waals surface area contributed by atoms with Crippen LogP contribution in [0.2, 0.25) is 0 Å². The fourth-order valence-electron chi connectivity index (χ4n) is 7.99. The summed E-state index contributed by atoms with van der Waals surface area (Å²) in [6, 6.07) is 12.8. The van der Waals surface area contributed by atoms with Crippen LogP contribution in [0.15, 0.2) is 65.6 Å². The molecule has 3 heterocycles. The molecule has 4 aromatic rings.